The van der Waals surface area contributed by atoms with E-state index in [-0.39, 0.29) is 5.91 Å². The van der Waals surface area contributed by atoms with E-state index in [1.807, 2.05) is 78.5 Å². The van der Waals surface area contributed by atoms with Gasteiger partial charge in [-0.25, -0.2) is 0 Å². The van der Waals surface area contributed by atoms with Crippen LogP contribution in [0.5, 0.6) is 0 Å². The summed E-state index contributed by atoms with van der Waals surface area (Å²) in [6.07, 6.45) is 7.02. The second-order valence-electron chi connectivity index (χ2n) is 5.64. The largest absolute Gasteiger partial charge is 0.323 e. The Morgan fingerprint density at radius 3 is 2.75 bits per heavy atom. The molecule has 0 aliphatic carbocycles. The smallest absolute Gasteiger partial charge is 0.248 e. The maximum atomic E-state index is 12.1. The van der Waals surface area contributed by atoms with Crippen molar-refractivity contribution < 1.29 is 4.79 Å². The highest BCUT2D eigenvalue weighted by atomic mass is 16.1. The van der Waals surface area contributed by atoms with E-state index in [0.717, 1.165) is 16.8 Å². The number of nitrogens with zero attached hydrogens (tertiary/aromatic N) is 2. The molecule has 0 atom stereocenters. The van der Waals surface area contributed by atoms with Gasteiger partial charge in [0.1, 0.15) is 0 Å². The monoisotopic (exact) mass is 317 g/mol. The van der Waals surface area contributed by atoms with Crippen LogP contribution in [-0.2, 0) is 11.3 Å². The lowest BCUT2D eigenvalue weighted by atomic mass is 10.1. The molecule has 4 heteroatoms. The first-order chi connectivity index (χ1) is 11.7. The van der Waals surface area contributed by atoms with Crippen LogP contribution >= 0.6 is 0 Å². The van der Waals surface area contributed by atoms with Crippen LogP contribution in [0, 0.1) is 6.92 Å². The number of aromatic nitrogens is 2. The zero-order valence-corrected chi connectivity index (χ0v) is 13.5. The topological polar surface area (TPSA) is 46.9 Å². The number of hydrogen-bond donors (Lipinski definition) is 1. The normalized spacial score (nSPS) is 10.9. The van der Waals surface area contributed by atoms with Gasteiger partial charge in [0.05, 0.1) is 6.54 Å². The van der Waals surface area contributed by atoms with Crippen LogP contribution < -0.4 is 5.32 Å². The molecule has 0 saturated heterocycles. The fourth-order valence-corrected chi connectivity index (χ4v) is 2.36. The van der Waals surface area contributed by atoms with Gasteiger partial charge in [-0.1, -0.05) is 42.0 Å². The van der Waals surface area contributed by atoms with Crippen LogP contribution in [-0.4, -0.2) is 15.7 Å². The molecule has 0 spiro atoms. The van der Waals surface area contributed by atoms with Crippen LogP contribution in [0.15, 0.2) is 73.1 Å². The van der Waals surface area contributed by atoms with Gasteiger partial charge in [0, 0.05) is 24.2 Å². The zero-order chi connectivity index (χ0) is 16.8. The molecule has 1 heterocycles. The Labute approximate surface area is 141 Å². The molecule has 0 fully saturated rings. The van der Waals surface area contributed by atoms with E-state index in [0.29, 0.717) is 6.54 Å². The van der Waals surface area contributed by atoms with Gasteiger partial charge in [0.2, 0.25) is 5.91 Å². The number of aryl methyl sites for hydroxylation is 1. The zero-order valence-electron chi connectivity index (χ0n) is 13.5. The van der Waals surface area contributed by atoms with Crippen LogP contribution in [0.4, 0.5) is 5.69 Å². The van der Waals surface area contributed by atoms with E-state index in [1.165, 1.54) is 5.56 Å². The standard InChI is InChI=1S/C20H19N3O/c1-16-6-8-17(9-7-16)10-11-20(24)22-19-5-2-4-18(14-19)15-23-13-3-12-21-23/h2-14H,15H2,1H3,(H,22,24)/b11-10+. The van der Waals surface area contributed by atoms with E-state index in [9.17, 15) is 4.79 Å². The van der Waals surface area contributed by atoms with E-state index in [2.05, 4.69) is 10.4 Å². The molecule has 0 aliphatic rings. The van der Waals surface area contributed by atoms with Gasteiger partial charge in [0.15, 0.2) is 0 Å². The van der Waals surface area contributed by atoms with Gasteiger partial charge < -0.3 is 5.32 Å². The predicted octanol–water partition coefficient (Wildman–Crippen LogP) is 3.89. The third-order valence-corrected chi connectivity index (χ3v) is 3.60. The molecule has 0 unspecified atom stereocenters. The number of amides is 1. The SMILES string of the molecule is Cc1ccc(/C=C/C(=O)Nc2cccc(Cn3cccn3)c2)cc1. The van der Waals surface area contributed by atoms with Gasteiger partial charge in [-0.3, -0.25) is 9.48 Å². The van der Waals surface area contributed by atoms with E-state index in [1.54, 1.807) is 12.3 Å². The second-order valence-corrected chi connectivity index (χ2v) is 5.64. The summed E-state index contributed by atoms with van der Waals surface area (Å²) < 4.78 is 1.85. The summed E-state index contributed by atoms with van der Waals surface area (Å²) in [5, 5.41) is 7.08. The summed E-state index contributed by atoms with van der Waals surface area (Å²) in [7, 11) is 0. The van der Waals surface area contributed by atoms with Gasteiger partial charge in [-0.2, -0.15) is 5.10 Å². The summed E-state index contributed by atoms with van der Waals surface area (Å²) in [5.74, 6) is -0.146. The third kappa shape index (κ3) is 4.43. The van der Waals surface area contributed by atoms with Crippen molar-refractivity contribution in [2.75, 3.05) is 5.32 Å². The molecular formula is C20H19N3O. The van der Waals surface area contributed by atoms with Crippen LogP contribution in [0.25, 0.3) is 6.08 Å². The summed E-state index contributed by atoms with van der Waals surface area (Å²) in [5.41, 5.74) is 4.06. The van der Waals surface area contributed by atoms with Gasteiger partial charge in [-0.05, 0) is 42.3 Å². The number of carbonyl (C=O) groups excluding carboxylic acids is 1. The Bertz CT molecular complexity index is 834. The first-order valence-electron chi connectivity index (χ1n) is 7.81. The molecule has 3 aromatic rings. The first kappa shape index (κ1) is 15.7. The molecule has 120 valence electrons. The highest BCUT2D eigenvalue weighted by molar-refractivity contribution is 6.01. The van der Waals surface area contributed by atoms with Crippen molar-refractivity contribution in [3.63, 3.8) is 0 Å². The van der Waals surface area contributed by atoms with Crippen molar-refractivity contribution in [2.24, 2.45) is 0 Å². The average Bonchev–Trinajstić information content (AvgIpc) is 3.08. The van der Waals surface area contributed by atoms with Crippen LogP contribution in [0.1, 0.15) is 16.7 Å². The number of anilines is 1. The summed E-state index contributed by atoms with van der Waals surface area (Å²) in [4.78, 5) is 12.1. The Kier molecular flexibility index (Phi) is 4.87. The molecule has 3 rings (SSSR count). The predicted molar refractivity (Wildman–Crippen MR) is 96.6 cm³/mol. The van der Waals surface area contributed by atoms with Gasteiger partial charge in [-0.15, -0.1) is 0 Å². The number of nitrogens with one attached hydrogen (secondary N) is 1. The lowest BCUT2D eigenvalue weighted by Crippen LogP contribution is -2.08. The number of hydrogen-bond acceptors (Lipinski definition) is 2. The quantitative estimate of drug-likeness (QED) is 0.726. The fourth-order valence-electron chi connectivity index (χ4n) is 2.36. The highest BCUT2D eigenvalue weighted by Gasteiger charge is 2.01. The first-order valence-corrected chi connectivity index (χ1v) is 7.81. The Balaban J connectivity index is 1.62. The van der Waals surface area contributed by atoms with Crippen LogP contribution in [0.2, 0.25) is 0 Å². The van der Waals surface area contributed by atoms with E-state index in [4.69, 9.17) is 0 Å². The van der Waals surface area contributed by atoms with Crippen molar-refractivity contribution in [1.82, 2.24) is 9.78 Å². The average molecular weight is 317 g/mol. The number of rotatable bonds is 5. The minimum Gasteiger partial charge on any atom is -0.323 e. The van der Waals surface area contributed by atoms with Crippen LogP contribution in [0.3, 0.4) is 0 Å². The molecular weight excluding hydrogens is 298 g/mol. The van der Waals surface area contributed by atoms with E-state index >= 15 is 0 Å². The summed E-state index contributed by atoms with van der Waals surface area (Å²) in [6, 6.07) is 17.7. The Hall–Kier alpha value is -3.14. The molecule has 2 aromatic carbocycles. The molecule has 1 N–H and O–H groups in total. The summed E-state index contributed by atoms with van der Waals surface area (Å²) >= 11 is 0. The highest BCUT2D eigenvalue weighted by Crippen LogP contribution is 2.12. The minimum absolute atomic E-state index is 0.146. The maximum Gasteiger partial charge on any atom is 0.248 e. The van der Waals surface area contributed by atoms with Crippen molar-refractivity contribution in [3.8, 4) is 0 Å². The number of benzene rings is 2. The minimum atomic E-state index is -0.146. The molecule has 0 saturated carbocycles. The lowest BCUT2D eigenvalue weighted by Gasteiger charge is -2.06. The Morgan fingerprint density at radius 1 is 1.17 bits per heavy atom. The van der Waals surface area contributed by atoms with Crippen molar-refractivity contribution in [3.05, 3.63) is 89.8 Å². The number of carbonyl (C=O) groups is 1. The second kappa shape index (κ2) is 7.42. The van der Waals surface area contributed by atoms with Crippen molar-refractivity contribution in [2.45, 2.75) is 13.5 Å². The van der Waals surface area contributed by atoms with Gasteiger partial charge >= 0.3 is 0 Å². The van der Waals surface area contributed by atoms with Gasteiger partial charge in [0.25, 0.3) is 0 Å². The summed E-state index contributed by atoms with van der Waals surface area (Å²) in [6.45, 7) is 2.71. The Morgan fingerprint density at radius 2 is 2.00 bits per heavy atom. The molecule has 1 aromatic heterocycles. The fraction of sp³-hybridized carbons (Fsp3) is 0.100. The van der Waals surface area contributed by atoms with E-state index < -0.39 is 0 Å². The maximum absolute atomic E-state index is 12.1. The molecule has 4 nitrogen and oxygen atoms in total. The molecule has 0 aliphatic heterocycles. The lowest BCUT2D eigenvalue weighted by molar-refractivity contribution is -0.111. The molecule has 1 amide bonds. The molecule has 0 radical (unpaired) electrons. The molecule has 0 bridgehead atoms. The third-order valence-electron chi connectivity index (χ3n) is 3.60. The van der Waals surface area contributed by atoms with Crippen molar-refractivity contribution in [1.29, 1.82) is 0 Å². The molecule has 24 heavy (non-hydrogen) atoms. The van der Waals surface area contributed by atoms with Crippen molar-refractivity contribution >= 4 is 17.7 Å².